The van der Waals surface area contributed by atoms with Gasteiger partial charge in [0, 0.05) is 44.2 Å². The number of hydrogen-bond donors (Lipinski definition) is 1. The average Bonchev–Trinajstić information content (AvgIpc) is 2.64. The second kappa shape index (κ2) is 8.30. The maximum absolute atomic E-state index is 13.4. The highest BCUT2D eigenvalue weighted by atomic mass is 35.5. The predicted molar refractivity (Wildman–Crippen MR) is 104 cm³/mol. The Morgan fingerprint density at radius 1 is 1.33 bits per heavy atom. The van der Waals surface area contributed by atoms with Gasteiger partial charge in [-0.25, -0.2) is 8.42 Å². The molecule has 3 rings (SSSR count). The highest BCUT2D eigenvalue weighted by molar-refractivity contribution is 7.89. The van der Waals surface area contributed by atoms with Crippen molar-refractivity contribution in [2.75, 3.05) is 19.6 Å². The average molecular weight is 413 g/mol. The topological polar surface area (TPSA) is 105 Å². The van der Waals surface area contributed by atoms with E-state index in [-0.39, 0.29) is 29.5 Å². The Morgan fingerprint density at radius 2 is 2.07 bits per heavy atom. The van der Waals surface area contributed by atoms with Gasteiger partial charge in [-0.1, -0.05) is 6.07 Å². The molecule has 1 saturated heterocycles. The standard InChI is InChI=1S/C17H20N4O4S.ClH/c1-12-8-15(21(22)23)9-17(13(12)2)26(24,25)20-7-6-19-11-16(20)14-4-3-5-18-10-14;/h3-5,8-10,16,19H,6-7,11H2,1-2H3;1H. The Labute approximate surface area is 164 Å². The number of pyridine rings is 1. The summed E-state index contributed by atoms with van der Waals surface area (Å²) in [4.78, 5) is 14.7. The normalized spacial score (nSPS) is 17.9. The molecule has 27 heavy (non-hydrogen) atoms. The summed E-state index contributed by atoms with van der Waals surface area (Å²) in [5.41, 5.74) is 1.66. The Morgan fingerprint density at radius 3 is 2.70 bits per heavy atom. The van der Waals surface area contributed by atoms with Gasteiger partial charge in [0.25, 0.3) is 5.69 Å². The van der Waals surface area contributed by atoms with Gasteiger partial charge in [-0.3, -0.25) is 15.1 Å². The van der Waals surface area contributed by atoms with E-state index >= 15 is 0 Å². The molecule has 0 amide bonds. The molecular formula is C17H21ClN4O4S. The second-order valence-corrected chi connectivity index (χ2v) is 8.12. The molecule has 1 fully saturated rings. The van der Waals surface area contributed by atoms with Gasteiger partial charge in [0.15, 0.2) is 0 Å². The van der Waals surface area contributed by atoms with Crippen molar-refractivity contribution in [2.24, 2.45) is 0 Å². The summed E-state index contributed by atoms with van der Waals surface area (Å²) >= 11 is 0. The molecule has 0 saturated carbocycles. The van der Waals surface area contributed by atoms with Crippen LogP contribution in [0.3, 0.4) is 0 Å². The van der Waals surface area contributed by atoms with Crippen LogP contribution in [0.15, 0.2) is 41.6 Å². The van der Waals surface area contributed by atoms with Crippen LogP contribution in [0, 0.1) is 24.0 Å². The fraction of sp³-hybridized carbons (Fsp3) is 0.353. The van der Waals surface area contributed by atoms with Crippen LogP contribution >= 0.6 is 12.4 Å². The Kier molecular flexibility index (Phi) is 6.53. The first-order chi connectivity index (χ1) is 12.3. The predicted octanol–water partition coefficient (Wildman–Crippen LogP) is 2.36. The van der Waals surface area contributed by atoms with Gasteiger partial charge in [-0.2, -0.15) is 4.31 Å². The minimum atomic E-state index is -3.91. The molecule has 1 aromatic carbocycles. The monoisotopic (exact) mass is 412 g/mol. The lowest BCUT2D eigenvalue weighted by Crippen LogP contribution is -2.48. The van der Waals surface area contributed by atoms with Crippen molar-refractivity contribution in [3.8, 4) is 0 Å². The highest BCUT2D eigenvalue weighted by Gasteiger charge is 2.36. The molecule has 0 radical (unpaired) electrons. The molecule has 2 heterocycles. The van der Waals surface area contributed by atoms with Crippen molar-refractivity contribution in [1.82, 2.24) is 14.6 Å². The molecule has 0 spiro atoms. The third-order valence-electron chi connectivity index (χ3n) is 4.67. The van der Waals surface area contributed by atoms with Crippen LogP contribution in [0.25, 0.3) is 0 Å². The number of benzene rings is 1. The van der Waals surface area contributed by atoms with E-state index in [0.717, 1.165) is 11.6 Å². The second-order valence-electron chi connectivity index (χ2n) is 6.26. The fourth-order valence-electron chi connectivity index (χ4n) is 3.14. The van der Waals surface area contributed by atoms with E-state index in [4.69, 9.17) is 0 Å². The van der Waals surface area contributed by atoms with Crippen LogP contribution in [0.5, 0.6) is 0 Å². The Bertz CT molecular complexity index is 937. The first-order valence-corrected chi connectivity index (χ1v) is 9.64. The van der Waals surface area contributed by atoms with Gasteiger partial charge in [0.05, 0.1) is 15.9 Å². The summed E-state index contributed by atoms with van der Waals surface area (Å²) in [6, 6.07) is 5.72. The molecule has 8 nitrogen and oxygen atoms in total. The lowest BCUT2D eigenvalue weighted by atomic mass is 10.1. The van der Waals surface area contributed by atoms with Crippen LogP contribution < -0.4 is 5.32 Å². The number of nitrogens with one attached hydrogen (secondary N) is 1. The van der Waals surface area contributed by atoms with Crippen LogP contribution in [-0.4, -0.2) is 42.3 Å². The molecule has 1 atom stereocenters. The molecule has 1 N–H and O–H groups in total. The third-order valence-corrected chi connectivity index (χ3v) is 6.70. The van der Waals surface area contributed by atoms with Gasteiger partial charge in [0.1, 0.15) is 0 Å². The first-order valence-electron chi connectivity index (χ1n) is 8.20. The van der Waals surface area contributed by atoms with E-state index in [0.29, 0.717) is 24.2 Å². The van der Waals surface area contributed by atoms with E-state index in [2.05, 4.69) is 10.3 Å². The maximum atomic E-state index is 13.4. The van der Waals surface area contributed by atoms with Gasteiger partial charge in [-0.15, -0.1) is 12.4 Å². The number of aryl methyl sites for hydroxylation is 1. The van der Waals surface area contributed by atoms with E-state index < -0.39 is 21.0 Å². The van der Waals surface area contributed by atoms with E-state index in [1.165, 1.54) is 10.4 Å². The summed E-state index contributed by atoms with van der Waals surface area (Å²) < 4.78 is 28.2. The summed E-state index contributed by atoms with van der Waals surface area (Å²) in [5, 5.41) is 14.4. The fourth-order valence-corrected chi connectivity index (χ4v) is 5.07. The van der Waals surface area contributed by atoms with Crippen LogP contribution in [0.4, 0.5) is 5.69 Å². The van der Waals surface area contributed by atoms with Gasteiger partial charge < -0.3 is 5.32 Å². The van der Waals surface area contributed by atoms with E-state index in [1.807, 2.05) is 6.07 Å². The van der Waals surface area contributed by atoms with Crippen LogP contribution in [0.1, 0.15) is 22.7 Å². The number of sulfonamides is 1. The quantitative estimate of drug-likeness (QED) is 0.610. The zero-order valence-corrected chi connectivity index (χ0v) is 16.6. The smallest absolute Gasteiger partial charge is 0.271 e. The number of nitro groups is 1. The summed E-state index contributed by atoms with van der Waals surface area (Å²) in [6.07, 6.45) is 3.28. The number of halogens is 1. The third kappa shape index (κ3) is 4.11. The molecule has 1 aliphatic rings. The molecule has 146 valence electrons. The summed E-state index contributed by atoms with van der Waals surface area (Å²) in [5.74, 6) is 0. The number of nitrogens with zero attached hydrogens (tertiary/aromatic N) is 3. The lowest BCUT2D eigenvalue weighted by Gasteiger charge is -2.35. The van der Waals surface area contributed by atoms with Gasteiger partial charge >= 0.3 is 0 Å². The van der Waals surface area contributed by atoms with Gasteiger partial charge in [-0.05, 0) is 36.6 Å². The molecule has 1 aromatic heterocycles. The Hall–Kier alpha value is -2.07. The number of nitro benzene ring substituents is 1. The number of piperazine rings is 1. The van der Waals surface area contributed by atoms with Crippen LogP contribution in [-0.2, 0) is 10.0 Å². The van der Waals surface area contributed by atoms with Crippen molar-refractivity contribution < 1.29 is 13.3 Å². The largest absolute Gasteiger partial charge is 0.313 e. The van der Waals surface area contributed by atoms with Crippen LogP contribution in [0.2, 0.25) is 0 Å². The van der Waals surface area contributed by atoms with Crippen molar-refractivity contribution >= 4 is 28.1 Å². The maximum Gasteiger partial charge on any atom is 0.271 e. The number of aromatic nitrogens is 1. The number of hydrogen-bond acceptors (Lipinski definition) is 6. The van der Waals surface area contributed by atoms with Crippen molar-refractivity contribution in [1.29, 1.82) is 0 Å². The molecule has 1 aliphatic heterocycles. The summed E-state index contributed by atoms with van der Waals surface area (Å²) in [7, 11) is -3.91. The molecule has 0 aliphatic carbocycles. The zero-order chi connectivity index (χ0) is 18.9. The summed E-state index contributed by atoms with van der Waals surface area (Å²) in [6.45, 7) is 4.61. The molecule has 0 bridgehead atoms. The lowest BCUT2D eigenvalue weighted by molar-refractivity contribution is -0.385. The Balaban J connectivity index is 0.00000261. The number of non-ortho nitro benzene ring substituents is 1. The molecule has 10 heteroatoms. The molecule has 1 unspecified atom stereocenters. The van der Waals surface area contributed by atoms with Crippen molar-refractivity contribution in [2.45, 2.75) is 24.8 Å². The minimum absolute atomic E-state index is 0. The first kappa shape index (κ1) is 21.2. The minimum Gasteiger partial charge on any atom is -0.313 e. The van der Waals surface area contributed by atoms with E-state index in [1.54, 1.807) is 32.3 Å². The highest BCUT2D eigenvalue weighted by Crippen LogP contribution is 2.32. The molecular weight excluding hydrogens is 392 g/mol. The molecule has 2 aromatic rings. The van der Waals surface area contributed by atoms with Gasteiger partial charge in [0.2, 0.25) is 10.0 Å². The SMILES string of the molecule is Cc1cc([N+](=O)[O-])cc(S(=O)(=O)N2CCNCC2c2cccnc2)c1C.Cl. The van der Waals surface area contributed by atoms with Crippen molar-refractivity contribution in [3.63, 3.8) is 0 Å². The zero-order valence-electron chi connectivity index (χ0n) is 15.0. The van der Waals surface area contributed by atoms with Crippen molar-refractivity contribution in [3.05, 3.63) is 63.5 Å². The number of rotatable bonds is 4. The van der Waals surface area contributed by atoms with E-state index in [9.17, 15) is 18.5 Å².